The Morgan fingerprint density at radius 1 is 1.00 bits per heavy atom. The first-order valence-corrected chi connectivity index (χ1v) is 9.28. The van der Waals surface area contributed by atoms with Gasteiger partial charge in [0.15, 0.2) is 0 Å². The number of nitrogens with zero attached hydrogens (tertiary/aromatic N) is 4. The number of halogens is 3. The van der Waals surface area contributed by atoms with Gasteiger partial charge >= 0.3 is 5.69 Å². The summed E-state index contributed by atoms with van der Waals surface area (Å²) >= 11 is 3.27. The molecule has 0 spiro atoms. The van der Waals surface area contributed by atoms with Crippen molar-refractivity contribution in [1.82, 2.24) is 19.3 Å². The summed E-state index contributed by atoms with van der Waals surface area (Å²) in [6.07, 6.45) is 2.85. The molecule has 0 aliphatic heterocycles. The average molecular weight is 459 g/mol. The molecule has 2 aromatic heterocycles. The minimum absolute atomic E-state index is 0.193. The fraction of sp³-hybridized carbons (Fsp3) is 0.0500. The lowest BCUT2D eigenvalue weighted by atomic mass is 10.2. The summed E-state index contributed by atoms with van der Waals surface area (Å²) < 4.78 is 36.3. The average Bonchev–Trinajstić information content (AvgIpc) is 3.06. The van der Waals surface area contributed by atoms with Crippen molar-refractivity contribution < 1.29 is 13.5 Å². The standard InChI is InChI=1S/C20H13BrF2N4O2/c21-19-10-15(8-9-24-19)29-14-6-4-13(5-7-14)27-20(28)26(12-25-27)11-16-17(22)2-1-3-18(16)23/h1-10,12H,11H2. The maximum absolute atomic E-state index is 13.8. The maximum atomic E-state index is 13.8. The predicted octanol–water partition coefficient (Wildman–Crippen LogP) is 4.31. The Morgan fingerprint density at radius 2 is 1.72 bits per heavy atom. The minimum atomic E-state index is -0.714. The molecule has 0 N–H and O–H groups in total. The lowest BCUT2D eigenvalue weighted by molar-refractivity contribution is 0.481. The summed E-state index contributed by atoms with van der Waals surface area (Å²) in [4.78, 5) is 16.6. The summed E-state index contributed by atoms with van der Waals surface area (Å²) in [5.41, 5.74) is -0.216. The zero-order chi connectivity index (χ0) is 20.4. The zero-order valence-corrected chi connectivity index (χ0v) is 16.4. The van der Waals surface area contributed by atoms with Crippen LogP contribution in [-0.2, 0) is 6.54 Å². The molecule has 0 amide bonds. The van der Waals surface area contributed by atoms with Crippen LogP contribution in [0, 0.1) is 11.6 Å². The highest BCUT2D eigenvalue weighted by molar-refractivity contribution is 9.10. The van der Waals surface area contributed by atoms with Gasteiger partial charge in [0.05, 0.1) is 12.2 Å². The Hall–Kier alpha value is -3.33. The van der Waals surface area contributed by atoms with Crippen molar-refractivity contribution in [2.45, 2.75) is 6.54 Å². The van der Waals surface area contributed by atoms with Gasteiger partial charge in [-0.15, -0.1) is 0 Å². The first-order chi connectivity index (χ1) is 14.0. The Morgan fingerprint density at radius 3 is 2.41 bits per heavy atom. The molecule has 0 saturated heterocycles. The second-order valence-corrected chi connectivity index (χ2v) is 6.88. The molecule has 29 heavy (non-hydrogen) atoms. The molecule has 0 atom stereocenters. The highest BCUT2D eigenvalue weighted by Crippen LogP contribution is 2.23. The third kappa shape index (κ3) is 4.09. The largest absolute Gasteiger partial charge is 0.457 e. The quantitative estimate of drug-likeness (QED) is 0.418. The first-order valence-electron chi connectivity index (χ1n) is 8.48. The van der Waals surface area contributed by atoms with Gasteiger partial charge in [0.25, 0.3) is 0 Å². The van der Waals surface area contributed by atoms with Crippen LogP contribution in [0.1, 0.15) is 5.56 Å². The lowest BCUT2D eigenvalue weighted by Gasteiger charge is -2.07. The van der Waals surface area contributed by atoms with E-state index in [0.717, 1.165) is 21.4 Å². The van der Waals surface area contributed by atoms with Crippen LogP contribution in [0.3, 0.4) is 0 Å². The van der Waals surface area contributed by atoms with E-state index in [1.165, 1.54) is 12.4 Å². The molecule has 0 aliphatic rings. The number of pyridine rings is 1. The Labute approximate surface area is 172 Å². The number of hydrogen-bond donors (Lipinski definition) is 0. The van der Waals surface area contributed by atoms with Gasteiger partial charge in [0.1, 0.15) is 34.1 Å². The van der Waals surface area contributed by atoms with Crippen molar-refractivity contribution in [3.05, 3.63) is 99.4 Å². The van der Waals surface area contributed by atoms with Gasteiger partial charge in [-0.1, -0.05) is 6.07 Å². The Bertz CT molecular complexity index is 1200. The van der Waals surface area contributed by atoms with Crippen molar-refractivity contribution in [3.63, 3.8) is 0 Å². The Balaban J connectivity index is 1.56. The van der Waals surface area contributed by atoms with Crippen LogP contribution in [0.5, 0.6) is 11.5 Å². The number of hydrogen-bond acceptors (Lipinski definition) is 4. The number of rotatable bonds is 5. The summed E-state index contributed by atoms with van der Waals surface area (Å²) in [6.45, 7) is -0.255. The first kappa shape index (κ1) is 19.0. The fourth-order valence-electron chi connectivity index (χ4n) is 2.71. The van der Waals surface area contributed by atoms with Crippen LogP contribution in [0.25, 0.3) is 5.69 Å². The zero-order valence-electron chi connectivity index (χ0n) is 14.8. The molecule has 0 unspecified atom stereocenters. The normalized spacial score (nSPS) is 10.9. The van der Waals surface area contributed by atoms with Gasteiger partial charge in [0.2, 0.25) is 0 Å². The molecule has 0 saturated carbocycles. The molecule has 4 rings (SSSR count). The number of aromatic nitrogens is 4. The van der Waals surface area contributed by atoms with Gasteiger partial charge in [-0.05, 0) is 58.4 Å². The summed E-state index contributed by atoms with van der Waals surface area (Å²) in [5, 5.41) is 4.03. The molecule has 4 aromatic rings. The van der Waals surface area contributed by atoms with E-state index in [9.17, 15) is 13.6 Å². The van der Waals surface area contributed by atoms with E-state index in [4.69, 9.17) is 4.74 Å². The molecule has 6 nitrogen and oxygen atoms in total. The minimum Gasteiger partial charge on any atom is -0.457 e. The molecule has 0 bridgehead atoms. The Kier molecular flexibility index (Phi) is 5.22. The molecule has 146 valence electrons. The van der Waals surface area contributed by atoms with Crippen LogP contribution < -0.4 is 10.4 Å². The maximum Gasteiger partial charge on any atom is 0.350 e. The van der Waals surface area contributed by atoms with E-state index >= 15 is 0 Å². The van der Waals surface area contributed by atoms with Crippen LogP contribution in [0.2, 0.25) is 0 Å². The molecule has 0 aliphatic carbocycles. The van der Waals surface area contributed by atoms with Gasteiger partial charge in [0, 0.05) is 17.8 Å². The van der Waals surface area contributed by atoms with Crippen molar-refractivity contribution in [2.24, 2.45) is 0 Å². The molecular weight excluding hydrogens is 446 g/mol. The molecule has 2 heterocycles. The monoisotopic (exact) mass is 458 g/mol. The molecular formula is C20H13BrF2N4O2. The van der Waals surface area contributed by atoms with Gasteiger partial charge in [-0.25, -0.2) is 18.6 Å². The predicted molar refractivity (Wildman–Crippen MR) is 105 cm³/mol. The topological polar surface area (TPSA) is 61.9 Å². The van der Waals surface area contributed by atoms with Crippen molar-refractivity contribution >= 4 is 15.9 Å². The van der Waals surface area contributed by atoms with Crippen LogP contribution >= 0.6 is 15.9 Å². The molecule has 0 radical (unpaired) electrons. The van der Waals surface area contributed by atoms with Crippen molar-refractivity contribution in [3.8, 4) is 17.2 Å². The van der Waals surface area contributed by atoms with Gasteiger partial charge in [-0.2, -0.15) is 9.78 Å². The van der Waals surface area contributed by atoms with Crippen molar-refractivity contribution in [1.29, 1.82) is 0 Å². The lowest BCUT2D eigenvalue weighted by Crippen LogP contribution is -2.24. The smallest absolute Gasteiger partial charge is 0.350 e. The molecule has 9 heteroatoms. The summed E-state index contributed by atoms with van der Waals surface area (Å²) in [7, 11) is 0. The SMILES string of the molecule is O=c1n(Cc2c(F)cccc2F)cnn1-c1ccc(Oc2ccnc(Br)c2)cc1. The van der Waals surface area contributed by atoms with Gasteiger partial charge < -0.3 is 4.74 Å². The van der Waals surface area contributed by atoms with Crippen LogP contribution in [0.4, 0.5) is 8.78 Å². The van der Waals surface area contributed by atoms with E-state index in [1.54, 1.807) is 42.6 Å². The highest BCUT2D eigenvalue weighted by Gasteiger charge is 2.13. The van der Waals surface area contributed by atoms with E-state index in [-0.39, 0.29) is 12.1 Å². The summed E-state index contributed by atoms with van der Waals surface area (Å²) in [5.74, 6) is -0.261. The van der Waals surface area contributed by atoms with Crippen LogP contribution in [-0.4, -0.2) is 19.3 Å². The van der Waals surface area contributed by atoms with Gasteiger partial charge in [-0.3, -0.25) is 4.57 Å². The molecule has 2 aromatic carbocycles. The van der Waals surface area contributed by atoms with E-state index in [0.29, 0.717) is 21.8 Å². The van der Waals surface area contributed by atoms with Crippen LogP contribution in [0.15, 0.2) is 76.5 Å². The van der Waals surface area contributed by atoms with Crippen molar-refractivity contribution in [2.75, 3.05) is 0 Å². The number of ether oxygens (including phenoxy) is 1. The second kappa shape index (κ2) is 7.96. The summed E-state index contributed by atoms with van der Waals surface area (Å²) in [6, 6.07) is 13.7. The van der Waals surface area contributed by atoms with E-state index in [2.05, 4.69) is 26.0 Å². The third-order valence-electron chi connectivity index (χ3n) is 4.14. The van der Waals surface area contributed by atoms with E-state index in [1.807, 2.05) is 0 Å². The second-order valence-electron chi connectivity index (χ2n) is 6.06. The van der Waals surface area contributed by atoms with E-state index < -0.39 is 17.3 Å². The molecule has 0 fully saturated rings. The number of benzene rings is 2. The highest BCUT2D eigenvalue weighted by atomic mass is 79.9. The fourth-order valence-corrected chi connectivity index (χ4v) is 3.06. The third-order valence-corrected chi connectivity index (χ3v) is 4.57.